The molecular formula is C22H22N4O7. The van der Waals surface area contributed by atoms with Gasteiger partial charge in [-0.25, -0.2) is 0 Å². The molecule has 0 spiro atoms. The first-order valence-electron chi connectivity index (χ1n) is 10.2. The lowest BCUT2D eigenvalue weighted by atomic mass is 10.1. The number of nitrogens with zero attached hydrogens (tertiary/aromatic N) is 2. The number of aryl methyl sites for hydroxylation is 1. The second-order valence-corrected chi connectivity index (χ2v) is 7.29. The monoisotopic (exact) mass is 454 g/mol. The molecule has 0 aromatic heterocycles. The fourth-order valence-electron chi connectivity index (χ4n) is 3.37. The van der Waals surface area contributed by atoms with E-state index in [1.165, 1.54) is 24.3 Å². The maximum atomic E-state index is 12.4. The predicted molar refractivity (Wildman–Crippen MR) is 116 cm³/mol. The summed E-state index contributed by atoms with van der Waals surface area (Å²) >= 11 is 0. The van der Waals surface area contributed by atoms with Crippen LogP contribution in [0, 0.1) is 16.0 Å². The average Bonchev–Trinajstić information content (AvgIpc) is 3.17. The molecule has 0 aliphatic carbocycles. The van der Waals surface area contributed by atoms with Crippen molar-refractivity contribution in [2.75, 3.05) is 18.5 Å². The molecule has 0 radical (unpaired) electrons. The van der Waals surface area contributed by atoms with Crippen LogP contribution < -0.4 is 10.7 Å². The Morgan fingerprint density at radius 2 is 1.85 bits per heavy atom. The molecule has 33 heavy (non-hydrogen) atoms. The van der Waals surface area contributed by atoms with E-state index < -0.39 is 46.8 Å². The van der Waals surface area contributed by atoms with E-state index in [2.05, 4.69) is 10.7 Å². The average molecular weight is 454 g/mol. The Kier molecular flexibility index (Phi) is 7.34. The van der Waals surface area contributed by atoms with Crippen molar-refractivity contribution in [2.24, 2.45) is 5.92 Å². The number of hydrogen-bond donors (Lipinski definition) is 2. The minimum atomic E-state index is -0.890. The van der Waals surface area contributed by atoms with E-state index in [-0.39, 0.29) is 18.5 Å². The summed E-state index contributed by atoms with van der Waals surface area (Å²) < 4.78 is 5.04. The number of hydrogen-bond acceptors (Lipinski definition) is 7. The third-order valence-electron chi connectivity index (χ3n) is 5.06. The molecule has 1 atom stereocenters. The number of para-hydroxylation sites is 2. The van der Waals surface area contributed by atoms with Crippen molar-refractivity contribution in [3.8, 4) is 0 Å². The Balaban J connectivity index is 1.53. The van der Waals surface area contributed by atoms with Gasteiger partial charge in [-0.15, -0.1) is 0 Å². The number of ether oxygens (including phenoxy) is 1. The van der Waals surface area contributed by atoms with E-state index in [4.69, 9.17) is 4.74 Å². The minimum absolute atomic E-state index is 0.176. The number of carbonyl (C=O) groups is 4. The van der Waals surface area contributed by atoms with Crippen LogP contribution in [-0.4, -0.2) is 46.8 Å². The number of carbonyl (C=O) groups excluding carboxylic acids is 4. The zero-order chi connectivity index (χ0) is 24.0. The van der Waals surface area contributed by atoms with Crippen LogP contribution in [0.1, 0.15) is 29.3 Å². The Hall–Kier alpha value is -4.28. The smallest absolute Gasteiger partial charge is 0.311 e. The van der Waals surface area contributed by atoms with E-state index in [1.54, 1.807) is 12.1 Å². The van der Waals surface area contributed by atoms with Crippen LogP contribution in [0.25, 0.3) is 0 Å². The molecule has 0 bridgehead atoms. The lowest BCUT2D eigenvalue weighted by molar-refractivity contribution is -0.385. The highest BCUT2D eigenvalue weighted by atomic mass is 16.6. The Bertz CT molecular complexity index is 1100. The first-order chi connectivity index (χ1) is 15.8. The molecular weight excluding hydrogens is 432 g/mol. The third kappa shape index (κ3) is 5.70. The Morgan fingerprint density at radius 1 is 1.15 bits per heavy atom. The fourth-order valence-corrected chi connectivity index (χ4v) is 3.37. The lowest BCUT2D eigenvalue weighted by Crippen LogP contribution is -2.43. The van der Waals surface area contributed by atoms with Gasteiger partial charge in [0.2, 0.25) is 5.91 Å². The van der Waals surface area contributed by atoms with Crippen molar-refractivity contribution in [1.29, 1.82) is 0 Å². The maximum Gasteiger partial charge on any atom is 0.311 e. The molecule has 2 aromatic carbocycles. The number of anilines is 1. The Morgan fingerprint density at radius 3 is 2.58 bits per heavy atom. The normalized spacial score (nSPS) is 15.1. The predicted octanol–water partition coefficient (Wildman–Crippen LogP) is 1.83. The summed E-state index contributed by atoms with van der Waals surface area (Å²) in [5, 5.41) is 14.7. The van der Waals surface area contributed by atoms with Gasteiger partial charge in [0, 0.05) is 18.2 Å². The van der Waals surface area contributed by atoms with E-state index >= 15 is 0 Å². The second kappa shape index (κ2) is 10.4. The van der Waals surface area contributed by atoms with Crippen molar-refractivity contribution in [3.63, 3.8) is 0 Å². The maximum absolute atomic E-state index is 12.4. The Labute approximate surface area is 188 Å². The highest BCUT2D eigenvalue weighted by Gasteiger charge is 2.37. The molecule has 172 valence electrons. The molecule has 3 amide bonds. The van der Waals surface area contributed by atoms with Crippen molar-refractivity contribution >= 4 is 35.1 Å². The SMILES string of the molecule is CCc1ccccc1NC(=O)COC(=O)[C@H]1CC(=O)N(NC(=O)c2ccccc2[N+](=O)[O-])C1. The molecule has 11 nitrogen and oxygen atoms in total. The molecule has 3 rings (SSSR count). The first-order valence-corrected chi connectivity index (χ1v) is 10.2. The third-order valence-corrected chi connectivity index (χ3v) is 5.06. The summed E-state index contributed by atoms with van der Waals surface area (Å²) in [5.74, 6) is -3.57. The summed E-state index contributed by atoms with van der Waals surface area (Å²) in [7, 11) is 0. The molecule has 1 aliphatic rings. The van der Waals surface area contributed by atoms with Gasteiger partial charge in [-0.2, -0.15) is 0 Å². The number of nitro benzene ring substituents is 1. The van der Waals surface area contributed by atoms with Gasteiger partial charge < -0.3 is 10.1 Å². The van der Waals surface area contributed by atoms with Crippen molar-refractivity contribution < 1.29 is 28.8 Å². The van der Waals surface area contributed by atoms with Crippen LogP contribution in [0.3, 0.4) is 0 Å². The summed E-state index contributed by atoms with van der Waals surface area (Å²) in [6, 6.07) is 12.5. The number of nitrogens with one attached hydrogen (secondary N) is 2. The molecule has 0 unspecified atom stereocenters. The van der Waals surface area contributed by atoms with Gasteiger partial charge in [-0.05, 0) is 24.1 Å². The van der Waals surface area contributed by atoms with Crippen molar-refractivity contribution in [1.82, 2.24) is 10.4 Å². The van der Waals surface area contributed by atoms with Crippen molar-refractivity contribution in [2.45, 2.75) is 19.8 Å². The molecule has 11 heteroatoms. The van der Waals surface area contributed by atoms with Crippen LogP contribution in [0.2, 0.25) is 0 Å². The topological polar surface area (TPSA) is 148 Å². The van der Waals surface area contributed by atoms with Crippen LogP contribution in [0.15, 0.2) is 48.5 Å². The second-order valence-electron chi connectivity index (χ2n) is 7.29. The standard InChI is InChI=1S/C22H22N4O7/c1-2-14-7-3-5-9-17(14)23-19(27)13-33-22(30)15-11-20(28)25(12-15)24-21(29)16-8-4-6-10-18(16)26(31)32/h3-10,15H,2,11-13H2,1H3,(H,23,27)(H,24,29)/t15-/m0/s1. The van der Waals surface area contributed by atoms with Crippen molar-refractivity contribution in [3.05, 3.63) is 69.8 Å². The van der Waals surface area contributed by atoms with Gasteiger partial charge >= 0.3 is 5.97 Å². The van der Waals surface area contributed by atoms with Gasteiger partial charge in [-0.3, -0.25) is 39.7 Å². The summed E-state index contributed by atoms with van der Waals surface area (Å²) in [4.78, 5) is 59.5. The zero-order valence-electron chi connectivity index (χ0n) is 17.8. The summed E-state index contributed by atoms with van der Waals surface area (Å²) in [6.45, 7) is 1.25. The fraction of sp³-hybridized carbons (Fsp3) is 0.273. The number of rotatable bonds is 8. The highest BCUT2D eigenvalue weighted by Crippen LogP contribution is 2.21. The van der Waals surface area contributed by atoms with Gasteiger partial charge in [0.1, 0.15) is 5.56 Å². The summed E-state index contributed by atoms with van der Waals surface area (Å²) in [5.41, 5.74) is 3.22. The van der Waals surface area contributed by atoms with Crippen LogP contribution in [0.4, 0.5) is 11.4 Å². The number of esters is 1. The van der Waals surface area contributed by atoms with Gasteiger partial charge in [0.25, 0.3) is 17.5 Å². The highest BCUT2D eigenvalue weighted by molar-refractivity contribution is 5.99. The summed E-state index contributed by atoms with van der Waals surface area (Å²) in [6.07, 6.45) is 0.490. The minimum Gasteiger partial charge on any atom is -0.455 e. The van der Waals surface area contributed by atoms with E-state index in [0.29, 0.717) is 12.1 Å². The largest absolute Gasteiger partial charge is 0.455 e. The van der Waals surface area contributed by atoms with Gasteiger partial charge in [0.15, 0.2) is 6.61 Å². The number of benzene rings is 2. The van der Waals surface area contributed by atoms with E-state index in [1.807, 2.05) is 19.1 Å². The number of hydrazine groups is 1. The lowest BCUT2D eigenvalue weighted by Gasteiger charge is -2.17. The molecule has 1 heterocycles. The van der Waals surface area contributed by atoms with Crippen LogP contribution in [-0.2, 0) is 25.5 Å². The van der Waals surface area contributed by atoms with E-state index in [0.717, 1.165) is 10.6 Å². The molecule has 2 N–H and O–H groups in total. The first kappa shape index (κ1) is 23.4. The molecule has 2 aromatic rings. The van der Waals surface area contributed by atoms with Crippen LogP contribution in [0.5, 0.6) is 0 Å². The van der Waals surface area contributed by atoms with Gasteiger partial charge in [0.05, 0.1) is 17.4 Å². The number of nitro groups is 1. The zero-order valence-corrected chi connectivity index (χ0v) is 17.8. The molecule has 0 saturated carbocycles. The van der Waals surface area contributed by atoms with Crippen LogP contribution >= 0.6 is 0 Å². The van der Waals surface area contributed by atoms with E-state index in [9.17, 15) is 29.3 Å². The number of amides is 3. The molecule has 1 aliphatic heterocycles. The quantitative estimate of drug-likeness (QED) is 0.351. The molecule has 1 fully saturated rings. The van der Waals surface area contributed by atoms with Gasteiger partial charge in [-0.1, -0.05) is 37.3 Å². The molecule has 1 saturated heterocycles.